The highest BCUT2D eigenvalue weighted by Gasteiger charge is 2.36. The number of rotatable bonds is 3. The van der Waals surface area contributed by atoms with Crippen LogP contribution in [0.4, 0.5) is 19.0 Å². The highest BCUT2D eigenvalue weighted by Crippen LogP contribution is 2.42. The number of nitrogens with zero attached hydrogens (tertiary/aromatic N) is 2. The van der Waals surface area contributed by atoms with Crippen molar-refractivity contribution in [2.45, 2.75) is 25.4 Å². The van der Waals surface area contributed by atoms with Crippen LogP contribution in [0.2, 0.25) is 10.0 Å². The Balaban J connectivity index is 2.00. The van der Waals surface area contributed by atoms with E-state index in [1.54, 1.807) is 18.2 Å². The number of benzene rings is 2. The van der Waals surface area contributed by atoms with Crippen molar-refractivity contribution in [1.29, 1.82) is 0 Å². The van der Waals surface area contributed by atoms with Gasteiger partial charge in [0.05, 0.1) is 18.4 Å². The summed E-state index contributed by atoms with van der Waals surface area (Å²) in [5.41, 5.74) is 1.06. The summed E-state index contributed by atoms with van der Waals surface area (Å²) in [5.74, 6) is 1.08. The fraction of sp³-hybridized carbons (Fsp3) is 0.286. The van der Waals surface area contributed by atoms with Crippen LogP contribution in [0.5, 0.6) is 5.75 Å². The zero-order chi connectivity index (χ0) is 21.5. The molecule has 2 aromatic carbocycles. The van der Waals surface area contributed by atoms with Crippen molar-refractivity contribution in [3.05, 3.63) is 57.6 Å². The average Bonchev–Trinajstić information content (AvgIpc) is 2.88. The lowest BCUT2D eigenvalue weighted by molar-refractivity contribution is -0.137. The van der Waals surface area contributed by atoms with E-state index in [1.165, 1.54) is 23.9 Å². The summed E-state index contributed by atoms with van der Waals surface area (Å²) < 4.78 is 48.1. The molecule has 0 unspecified atom stereocenters. The third-order valence-corrected chi connectivity index (χ3v) is 5.51. The number of halogens is 5. The fourth-order valence-corrected chi connectivity index (χ4v) is 4.02. The van der Waals surface area contributed by atoms with Crippen LogP contribution in [-0.4, -0.2) is 23.4 Å². The molecule has 0 spiro atoms. The molecule has 1 aromatic heterocycles. The van der Waals surface area contributed by atoms with Crippen LogP contribution in [0.25, 0.3) is 16.9 Å². The third-order valence-electron chi connectivity index (χ3n) is 5.04. The van der Waals surface area contributed by atoms with Gasteiger partial charge in [0.2, 0.25) is 0 Å². The van der Waals surface area contributed by atoms with Gasteiger partial charge in [-0.1, -0.05) is 23.2 Å². The maximum atomic E-state index is 13.8. The van der Waals surface area contributed by atoms with Crippen molar-refractivity contribution in [3.8, 4) is 22.7 Å². The van der Waals surface area contributed by atoms with Gasteiger partial charge >= 0.3 is 6.18 Å². The molecule has 0 radical (unpaired) electrons. The molecule has 1 N–H and O–H groups in total. The molecule has 0 saturated carbocycles. The summed E-state index contributed by atoms with van der Waals surface area (Å²) in [7, 11) is 1.53. The van der Waals surface area contributed by atoms with Crippen LogP contribution >= 0.6 is 23.2 Å². The quantitative estimate of drug-likeness (QED) is 0.482. The maximum absolute atomic E-state index is 13.8. The van der Waals surface area contributed by atoms with Crippen molar-refractivity contribution in [1.82, 2.24) is 9.78 Å². The molecule has 30 heavy (non-hydrogen) atoms. The molecule has 4 nitrogen and oxygen atoms in total. The summed E-state index contributed by atoms with van der Waals surface area (Å²) in [6, 6.07) is 8.81. The Morgan fingerprint density at radius 2 is 1.80 bits per heavy atom. The first kappa shape index (κ1) is 20.9. The molecule has 9 heteroatoms. The van der Waals surface area contributed by atoms with E-state index in [0.29, 0.717) is 40.8 Å². The first-order valence-electron chi connectivity index (χ1n) is 9.36. The van der Waals surface area contributed by atoms with Gasteiger partial charge in [-0.15, -0.1) is 0 Å². The Morgan fingerprint density at radius 3 is 2.53 bits per heavy atom. The molecular formula is C21H18Cl2F3N3O. The zero-order valence-corrected chi connectivity index (χ0v) is 17.5. The van der Waals surface area contributed by atoms with E-state index < -0.39 is 11.7 Å². The third kappa shape index (κ3) is 3.84. The Labute approximate surface area is 181 Å². The van der Waals surface area contributed by atoms with E-state index in [4.69, 9.17) is 27.9 Å². The average molecular weight is 456 g/mol. The van der Waals surface area contributed by atoms with Crippen molar-refractivity contribution in [2.24, 2.45) is 0 Å². The van der Waals surface area contributed by atoms with E-state index in [1.807, 2.05) is 0 Å². The van der Waals surface area contributed by atoms with Crippen LogP contribution in [-0.2, 0) is 12.6 Å². The van der Waals surface area contributed by atoms with Crippen LogP contribution in [0.3, 0.4) is 0 Å². The van der Waals surface area contributed by atoms with Crippen molar-refractivity contribution in [2.75, 3.05) is 19.0 Å². The molecule has 3 aromatic rings. The summed E-state index contributed by atoms with van der Waals surface area (Å²) in [4.78, 5) is 0. The molecule has 1 aliphatic rings. The molecule has 0 saturated heterocycles. The Morgan fingerprint density at radius 1 is 1.07 bits per heavy atom. The second-order valence-electron chi connectivity index (χ2n) is 6.98. The second kappa shape index (κ2) is 8.04. The van der Waals surface area contributed by atoms with E-state index in [2.05, 4.69) is 10.4 Å². The molecule has 0 bridgehead atoms. The number of aromatic nitrogens is 2. The first-order valence-corrected chi connectivity index (χ1v) is 10.1. The number of hydrogen-bond acceptors (Lipinski definition) is 3. The largest absolute Gasteiger partial charge is 0.496 e. The van der Waals surface area contributed by atoms with Gasteiger partial charge in [0, 0.05) is 27.7 Å². The van der Waals surface area contributed by atoms with Crippen LogP contribution < -0.4 is 10.1 Å². The number of nitrogens with one attached hydrogen (secondary N) is 1. The van der Waals surface area contributed by atoms with Gasteiger partial charge in [-0.05, 0) is 55.7 Å². The number of fused-ring (bicyclic) bond motifs is 1. The smallest absolute Gasteiger partial charge is 0.418 e. The van der Waals surface area contributed by atoms with Gasteiger partial charge in [-0.2, -0.15) is 18.3 Å². The molecule has 0 atom stereocenters. The number of methoxy groups -OCH3 is 1. The standard InChI is InChI=1S/C21H18Cl2F3N3O/c1-30-18-8-6-12(22)10-15(18)19-14-4-2-3-9-27-20(14)29(28-19)17-7-5-13(23)11-16(17)21(24,25)26/h5-8,10-11,27H,2-4,9H2,1H3. The molecule has 1 aliphatic heterocycles. The van der Waals surface area contributed by atoms with Crippen molar-refractivity contribution >= 4 is 29.0 Å². The van der Waals surface area contributed by atoms with Crippen LogP contribution in [0, 0.1) is 0 Å². The second-order valence-corrected chi connectivity index (χ2v) is 7.85. The Kier molecular flexibility index (Phi) is 5.59. The monoisotopic (exact) mass is 455 g/mol. The first-order chi connectivity index (χ1) is 14.3. The summed E-state index contributed by atoms with van der Waals surface area (Å²) >= 11 is 12.1. The van der Waals surface area contributed by atoms with Crippen LogP contribution in [0.1, 0.15) is 24.0 Å². The van der Waals surface area contributed by atoms with Gasteiger partial charge in [-0.25, -0.2) is 4.68 Å². The number of hydrogen-bond donors (Lipinski definition) is 1. The van der Waals surface area contributed by atoms with Gasteiger partial charge in [0.15, 0.2) is 0 Å². The van der Waals surface area contributed by atoms with E-state index in [0.717, 1.165) is 24.5 Å². The van der Waals surface area contributed by atoms with E-state index in [-0.39, 0.29) is 10.7 Å². The minimum Gasteiger partial charge on any atom is -0.496 e. The van der Waals surface area contributed by atoms with Gasteiger partial charge in [0.1, 0.15) is 17.3 Å². The Hall–Kier alpha value is -2.38. The van der Waals surface area contributed by atoms with Crippen LogP contribution in [0.15, 0.2) is 36.4 Å². The number of alkyl halides is 3. The molecule has 4 rings (SSSR count). The van der Waals surface area contributed by atoms with Gasteiger partial charge < -0.3 is 10.1 Å². The minimum atomic E-state index is -4.59. The molecule has 0 fully saturated rings. The lowest BCUT2D eigenvalue weighted by atomic mass is 10.0. The Bertz CT molecular complexity index is 1100. The molecule has 0 amide bonds. The normalized spacial score (nSPS) is 14.1. The summed E-state index contributed by atoms with van der Waals surface area (Å²) in [6.45, 7) is 0.639. The zero-order valence-electron chi connectivity index (χ0n) is 16.0. The van der Waals surface area contributed by atoms with Gasteiger partial charge in [0.25, 0.3) is 0 Å². The molecule has 0 aliphatic carbocycles. The van der Waals surface area contributed by atoms with Crippen molar-refractivity contribution in [3.63, 3.8) is 0 Å². The molecule has 2 heterocycles. The highest BCUT2D eigenvalue weighted by atomic mass is 35.5. The van der Waals surface area contributed by atoms with Crippen molar-refractivity contribution < 1.29 is 17.9 Å². The summed E-state index contributed by atoms with van der Waals surface area (Å²) in [6.07, 6.45) is -2.14. The maximum Gasteiger partial charge on any atom is 0.418 e. The predicted molar refractivity (Wildman–Crippen MR) is 112 cm³/mol. The molecule has 158 valence electrons. The fourth-order valence-electron chi connectivity index (χ4n) is 3.68. The predicted octanol–water partition coefficient (Wildman–Crippen LogP) is 6.62. The number of anilines is 1. The lowest BCUT2D eigenvalue weighted by Gasteiger charge is -2.16. The number of ether oxygens (including phenoxy) is 1. The van der Waals surface area contributed by atoms with E-state index in [9.17, 15) is 13.2 Å². The highest BCUT2D eigenvalue weighted by molar-refractivity contribution is 6.31. The lowest BCUT2D eigenvalue weighted by Crippen LogP contribution is -2.14. The van der Waals surface area contributed by atoms with E-state index >= 15 is 0 Å². The SMILES string of the molecule is COc1ccc(Cl)cc1-c1nn(-c2ccc(Cl)cc2C(F)(F)F)c2c1CCCCN2. The minimum absolute atomic E-state index is 0.00835. The topological polar surface area (TPSA) is 39.1 Å². The van der Waals surface area contributed by atoms with Gasteiger partial charge in [-0.3, -0.25) is 0 Å². The summed E-state index contributed by atoms with van der Waals surface area (Å²) in [5, 5.41) is 8.35. The molecular weight excluding hydrogens is 438 g/mol.